The number of rotatable bonds is 9. The van der Waals surface area contributed by atoms with Crippen LogP contribution >= 0.6 is 11.8 Å². The van der Waals surface area contributed by atoms with Crippen molar-refractivity contribution in [3.05, 3.63) is 23.8 Å². The van der Waals surface area contributed by atoms with Crippen LogP contribution in [0.2, 0.25) is 0 Å². The predicted molar refractivity (Wildman–Crippen MR) is 90.2 cm³/mol. The number of hydrogen-bond acceptors (Lipinski definition) is 5. The summed E-state index contributed by atoms with van der Waals surface area (Å²) in [6.07, 6.45) is 2.22. The van der Waals surface area contributed by atoms with E-state index in [-0.39, 0.29) is 24.2 Å². The molecule has 0 fully saturated rings. The maximum absolute atomic E-state index is 12.3. The molecule has 1 aromatic carbocycles. The molecule has 1 N–H and O–H groups in total. The number of benzene rings is 1. The lowest BCUT2D eigenvalue weighted by Gasteiger charge is -2.22. The molecule has 0 bridgehead atoms. The number of methoxy groups -OCH3 is 2. The molecule has 0 spiro atoms. The fourth-order valence-corrected chi connectivity index (χ4v) is 2.34. The van der Waals surface area contributed by atoms with Gasteiger partial charge in [0.1, 0.15) is 18.0 Å². The molecule has 6 nitrogen and oxygen atoms in total. The van der Waals surface area contributed by atoms with E-state index in [9.17, 15) is 9.59 Å². The molecular weight excluding hydrogens is 318 g/mol. The maximum atomic E-state index is 12.3. The lowest BCUT2D eigenvalue weighted by molar-refractivity contribution is -0.144. The first-order valence-electron chi connectivity index (χ1n) is 7.13. The third-order valence-corrected chi connectivity index (χ3v) is 4.30. The highest BCUT2D eigenvalue weighted by Crippen LogP contribution is 2.24. The lowest BCUT2D eigenvalue weighted by Crippen LogP contribution is -2.36. The fourth-order valence-electron chi connectivity index (χ4n) is 2.03. The van der Waals surface area contributed by atoms with Gasteiger partial charge in [0.25, 0.3) is 0 Å². The Morgan fingerprint density at radius 2 is 1.78 bits per heavy atom. The second kappa shape index (κ2) is 9.29. The number of aliphatic carboxylic acids is 1. The minimum Gasteiger partial charge on any atom is -0.497 e. The lowest BCUT2D eigenvalue weighted by atomic mass is 10.1. The summed E-state index contributed by atoms with van der Waals surface area (Å²) >= 11 is 1.57. The molecule has 7 heteroatoms. The summed E-state index contributed by atoms with van der Waals surface area (Å²) in [5.74, 6) is -0.0276. The minimum atomic E-state index is -1.04. The van der Waals surface area contributed by atoms with E-state index < -0.39 is 5.97 Å². The van der Waals surface area contributed by atoms with Gasteiger partial charge < -0.3 is 19.5 Å². The van der Waals surface area contributed by atoms with Crippen molar-refractivity contribution in [3.8, 4) is 11.5 Å². The Morgan fingerprint density at radius 3 is 2.22 bits per heavy atom. The molecule has 23 heavy (non-hydrogen) atoms. The van der Waals surface area contributed by atoms with Gasteiger partial charge >= 0.3 is 5.97 Å². The molecule has 1 atom stereocenters. The fraction of sp³-hybridized carbons (Fsp3) is 0.500. The predicted octanol–water partition coefficient (Wildman–Crippen LogP) is 2.26. The third-order valence-electron chi connectivity index (χ3n) is 3.33. The van der Waals surface area contributed by atoms with E-state index >= 15 is 0 Å². The number of nitrogens with zero attached hydrogens (tertiary/aromatic N) is 1. The van der Waals surface area contributed by atoms with Crippen molar-refractivity contribution in [3.63, 3.8) is 0 Å². The molecule has 128 valence electrons. The minimum absolute atomic E-state index is 0.138. The van der Waals surface area contributed by atoms with Gasteiger partial charge in [-0.1, -0.05) is 6.92 Å². The van der Waals surface area contributed by atoms with Gasteiger partial charge in [-0.15, -0.1) is 0 Å². The van der Waals surface area contributed by atoms with Crippen LogP contribution in [0.5, 0.6) is 11.5 Å². The number of carbonyl (C=O) groups is 2. The van der Waals surface area contributed by atoms with Crippen LogP contribution in [0.3, 0.4) is 0 Å². The van der Waals surface area contributed by atoms with Crippen LogP contribution in [0.4, 0.5) is 0 Å². The van der Waals surface area contributed by atoms with Crippen LogP contribution in [-0.4, -0.2) is 54.2 Å². The van der Waals surface area contributed by atoms with E-state index in [2.05, 4.69) is 0 Å². The smallest absolute Gasteiger partial charge is 0.323 e. The monoisotopic (exact) mass is 341 g/mol. The zero-order valence-corrected chi connectivity index (χ0v) is 14.7. The van der Waals surface area contributed by atoms with Gasteiger partial charge in [0.05, 0.1) is 14.2 Å². The number of thioether (sulfide) groups is 1. The Kier molecular flexibility index (Phi) is 7.74. The van der Waals surface area contributed by atoms with E-state index in [1.165, 1.54) is 4.90 Å². The second-order valence-corrected chi connectivity index (χ2v) is 6.39. The molecule has 0 aliphatic carbocycles. The van der Waals surface area contributed by atoms with Crippen LogP contribution in [0.25, 0.3) is 0 Å². The van der Waals surface area contributed by atoms with Crippen molar-refractivity contribution in [1.29, 1.82) is 0 Å². The van der Waals surface area contributed by atoms with Crippen molar-refractivity contribution in [2.45, 2.75) is 25.1 Å². The van der Waals surface area contributed by atoms with Crippen molar-refractivity contribution in [2.75, 3.05) is 27.0 Å². The van der Waals surface area contributed by atoms with Gasteiger partial charge in [0, 0.05) is 24.3 Å². The van der Waals surface area contributed by atoms with Crippen molar-refractivity contribution in [2.24, 2.45) is 0 Å². The molecule has 0 saturated carbocycles. The largest absolute Gasteiger partial charge is 0.497 e. The number of carbonyl (C=O) groups excluding carboxylic acids is 1. The zero-order chi connectivity index (χ0) is 17.4. The Bertz CT molecular complexity index is 527. The third kappa shape index (κ3) is 6.40. The van der Waals surface area contributed by atoms with Crippen molar-refractivity contribution < 1.29 is 24.2 Å². The standard InChI is InChI=1S/C16H23NO5S/c1-11(23-4)5-15(18)17(10-16(19)20)9-12-6-13(21-2)8-14(7-12)22-3/h6-8,11H,5,9-10H2,1-4H3,(H,19,20). The van der Waals surface area contributed by atoms with Crippen LogP contribution < -0.4 is 9.47 Å². The molecule has 0 saturated heterocycles. The van der Waals surface area contributed by atoms with Crippen LogP contribution in [0.15, 0.2) is 18.2 Å². The molecule has 0 radical (unpaired) electrons. The van der Waals surface area contributed by atoms with Crippen molar-refractivity contribution in [1.82, 2.24) is 4.90 Å². The van der Waals surface area contributed by atoms with E-state index in [1.807, 2.05) is 13.2 Å². The summed E-state index contributed by atoms with van der Waals surface area (Å²) in [6, 6.07) is 5.26. The summed E-state index contributed by atoms with van der Waals surface area (Å²) in [5.41, 5.74) is 0.757. The Morgan fingerprint density at radius 1 is 1.22 bits per heavy atom. The maximum Gasteiger partial charge on any atom is 0.323 e. The molecule has 1 unspecified atom stereocenters. The van der Waals surface area contributed by atoms with Gasteiger partial charge in [-0.05, 0) is 24.0 Å². The molecule has 1 rings (SSSR count). The SMILES string of the molecule is COc1cc(CN(CC(=O)O)C(=O)CC(C)SC)cc(OC)c1. The summed E-state index contributed by atoms with van der Waals surface area (Å²) in [7, 11) is 3.08. The Balaban J connectivity index is 2.96. The molecule has 1 aromatic rings. The van der Waals surface area contributed by atoms with E-state index in [0.717, 1.165) is 5.56 Å². The highest BCUT2D eigenvalue weighted by Gasteiger charge is 2.20. The number of hydrogen-bond donors (Lipinski definition) is 1. The first-order chi connectivity index (χ1) is 10.9. The first-order valence-corrected chi connectivity index (χ1v) is 8.42. The van der Waals surface area contributed by atoms with Crippen LogP contribution in [0, 0.1) is 0 Å². The molecule has 0 heterocycles. The quantitative estimate of drug-likeness (QED) is 0.742. The van der Waals surface area contributed by atoms with E-state index in [4.69, 9.17) is 14.6 Å². The summed E-state index contributed by atoms with van der Waals surface area (Å²) in [6.45, 7) is 1.80. The Hall–Kier alpha value is -1.89. The molecule has 0 aliphatic heterocycles. The van der Waals surface area contributed by atoms with Gasteiger partial charge in [0.2, 0.25) is 5.91 Å². The highest BCUT2D eigenvalue weighted by atomic mass is 32.2. The van der Waals surface area contributed by atoms with Crippen LogP contribution in [-0.2, 0) is 16.1 Å². The van der Waals surface area contributed by atoms with E-state index in [1.54, 1.807) is 44.2 Å². The van der Waals surface area contributed by atoms with Crippen molar-refractivity contribution >= 4 is 23.6 Å². The number of amides is 1. The van der Waals surface area contributed by atoms with Gasteiger partial charge in [-0.25, -0.2) is 0 Å². The molecule has 1 amide bonds. The molecule has 0 aromatic heterocycles. The summed E-state index contributed by atoms with van der Waals surface area (Å²) < 4.78 is 10.4. The highest BCUT2D eigenvalue weighted by molar-refractivity contribution is 7.99. The van der Waals surface area contributed by atoms with Gasteiger partial charge in [-0.2, -0.15) is 11.8 Å². The summed E-state index contributed by atoms with van der Waals surface area (Å²) in [5, 5.41) is 9.19. The summed E-state index contributed by atoms with van der Waals surface area (Å²) in [4.78, 5) is 24.7. The number of carboxylic acids is 1. The topological polar surface area (TPSA) is 76.1 Å². The molecule has 0 aliphatic rings. The van der Waals surface area contributed by atoms with Gasteiger partial charge in [0.15, 0.2) is 0 Å². The van der Waals surface area contributed by atoms with Gasteiger partial charge in [-0.3, -0.25) is 9.59 Å². The number of carboxylic acid groups (broad SMARTS) is 1. The number of ether oxygens (including phenoxy) is 2. The zero-order valence-electron chi connectivity index (χ0n) is 13.9. The normalized spacial score (nSPS) is 11.7. The van der Waals surface area contributed by atoms with E-state index in [0.29, 0.717) is 17.9 Å². The molecular formula is C16H23NO5S. The first kappa shape index (κ1) is 19.2. The average molecular weight is 341 g/mol. The Labute approximate surface area is 140 Å². The van der Waals surface area contributed by atoms with Crippen LogP contribution in [0.1, 0.15) is 18.9 Å². The second-order valence-electron chi connectivity index (χ2n) is 5.11. The average Bonchev–Trinajstić information content (AvgIpc) is 2.53.